The Balaban J connectivity index is 1.50. The molecule has 3 rings (SSSR count). The molecule has 1 amide bonds. The lowest BCUT2D eigenvalue weighted by atomic mass is 10.1. The van der Waals surface area contributed by atoms with Crippen LogP contribution in [0.2, 0.25) is 0 Å². The first-order valence-electron chi connectivity index (χ1n) is 8.99. The molecule has 1 saturated heterocycles. The third-order valence-electron chi connectivity index (χ3n) is 4.90. The van der Waals surface area contributed by atoms with Crippen LogP contribution in [0.15, 0.2) is 35.1 Å². The van der Waals surface area contributed by atoms with E-state index in [1.807, 2.05) is 11.9 Å². The van der Waals surface area contributed by atoms with Crippen LogP contribution in [0.5, 0.6) is 0 Å². The average molecular weight is 373 g/mol. The Bertz CT molecular complexity index is 852. The van der Waals surface area contributed by atoms with Gasteiger partial charge in [-0.25, -0.2) is 9.37 Å². The van der Waals surface area contributed by atoms with Crippen molar-refractivity contribution in [3.63, 3.8) is 0 Å². The molecule has 27 heavy (non-hydrogen) atoms. The van der Waals surface area contributed by atoms with Gasteiger partial charge in [-0.3, -0.25) is 19.5 Å². The minimum atomic E-state index is -0.271. The van der Waals surface area contributed by atoms with Crippen molar-refractivity contribution in [3.05, 3.63) is 57.8 Å². The number of nitrogens with two attached hydrogens (primary N) is 1. The van der Waals surface area contributed by atoms with Gasteiger partial charge in [0.15, 0.2) is 0 Å². The summed E-state index contributed by atoms with van der Waals surface area (Å²) in [4.78, 5) is 34.5. The van der Waals surface area contributed by atoms with Crippen LogP contribution in [0.1, 0.15) is 24.1 Å². The topological polar surface area (TPSA) is 95.3 Å². The zero-order valence-corrected chi connectivity index (χ0v) is 15.3. The molecule has 0 spiro atoms. The van der Waals surface area contributed by atoms with Crippen molar-refractivity contribution in [1.29, 1.82) is 0 Å². The van der Waals surface area contributed by atoms with E-state index in [-0.39, 0.29) is 29.3 Å². The number of H-pyrrole nitrogens is 1. The first kappa shape index (κ1) is 19.0. The van der Waals surface area contributed by atoms with Crippen LogP contribution in [0.3, 0.4) is 0 Å². The van der Waals surface area contributed by atoms with Gasteiger partial charge in [-0.1, -0.05) is 12.1 Å². The van der Waals surface area contributed by atoms with E-state index in [0.717, 1.165) is 12.0 Å². The van der Waals surface area contributed by atoms with E-state index in [1.165, 1.54) is 18.2 Å². The van der Waals surface area contributed by atoms with Gasteiger partial charge < -0.3 is 10.6 Å². The van der Waals surface area contributed by atoms with Crippen molar-refractivity contribution in [2.75, 3.05) is 25.9 Å². The van der Waals surface area contributed by atoms with Crippen LogP contribution in [-0.2, 0) is 17.8 Å². The molecule has 8 heteroatoms. The van der Waals surface area contributed by atoms with E-state index in [1.54, 1.807) is 12.1 Å². The summed E-state index contributed by atoms with van der Waals surface area (Å²) in [6.07, 6.45) is 1.89. The highest BCUT2D eigenvalue weighted by atomic mass is 19.1. The van der Waals surface area contributed by atoms with Gasteiger partial charge in [0.2, 0.25) is 11.9 Å². The van der Waals surface area contributed by atoms with Crippen molar-refractivity contribution in [3.8, 4) is 0 Å². The fourth-order valence-electron chi connectivity index (χ4n) is 3.38. The molecule has 1 aromatic carbocycles. The molecule has 0 aliphatic carbocycles. The van der Waals surface area contributed by atoms with Crippen molar-refractivity contribution >= 4 is 11.9 Å². The van der Waals surface area contributed by atoms with Crippen LogP contribution in [0, 0.1) is 5.82 Å². The zero-order chi connectivity index (χ0) is 19.4. The maximum Gasteiger partial charge on any atom is 0.252 e. The molecule has 1 atom stereocenters. The summed E-state index contributed by atoms with van der Waals surface area (Å²) in [5, 5.41) is 0. The fraction of sp³-hybridized carbons (Fsp3) is 0.421. The number of rotatable bonds is 6. The molecule has 1 aromatic heterocycles. The van der Waals surface area contributed by atoms with Crippen molar-refractivity contribution in [2.24, 2.45) is 0 Å². The molecule has 1 aliphatic heterocycles. The molecule has 0 radical (unpaired) electrons. The lowest BCUT2D eigenvalue weighted by Gasteiger charge is -2.24. The SMILES string of the molecule is CN(Cc1cc(=O)[nH]c(N)n1)[C@@H]1CCN(C(=O)CCc2ccc(F)cc2)C1. The molecule has 0 unspecified atom stereocenters. The number of carbonyl (C=O) groups is 1. The molecule has 3 N–H and O–H groups in total. The second kappa shape index (κ2) is 8.30. The molecular formula is C19H24FN5O2. The van der Waals surface area contributed by atoms with Gasteiger partial charge in [0.1, 0.15) is 5.82 Å². The Morgan fingerprint density at radius 1 is 1.41 bits per heavy atom. The molecule has 0 saturated carbocycles. The maximum atomic E-state index is 12.9. The summed E-state index contributed by atoms with van der Waals surface area (Å²) < 4.78 is 12.9. The molecule has 1 aliphatic rings. The Morgan fingerprint density at radius 2 is 2.15 bits per heavy atom. The predicted octanol–water partition coefficient (Wildman–Crippen LogP) is 1.16. The van der Waals surface area contributed by atoms with Gasteiger partial charge >= 0.3 is 0 Å². The number of aromatic nitrogens is 2. The second-order valence-corrected chi connectivity index (χ2v) is 6.95. The van der Waals surface area contributed by atoms with E-state index in [9.17, 15) is 14.0 Å². The number of likely N-dealkylation sites (tertiary alicyclic amines) is 1. The monoisotopic (exact) mass is 373 g/mol. The first-order chi connectivity index (χ1) is 12.9. The number of amides is 1. The summed E-state index contributed by atoms with van der Waals surface area (Å²) >= 11 is 0. The molecule has 7 nitrogen and oxygen atoms in total. The molecule has 2 heterocycles. The summed E-state index contributed by atoms with van der Waals surface area (Å²) in [5.74, 6) is -0.0594. The number of hydrogen-bond donors (Lipinski definition) is 2. The zero-order valence-electron chi connectivity index (χ0n) is 15.3. The number of aromatic amines is 1. The van der Waals surface area contributed by atoms with E-state index in [2.05, 4.69) is 14.9 Å². The number of nitrogen functional groups attached to an aromatic ring is 1. The van der Waals surface area contributed by atoms with Crippen molar-refractivity contribution in [2.45, 2.75) is 31.8 Å². The number of aryl methyl sites for hydroxylation is 1. The second-order valence-electron chi connectivity index (χ2n) is 6.95. The van der Waals surface area contributed by atoms with Gasteiger partial charge in [-0.2, -0.15) is 0 Å². The summed E-state index contributed by atoms with van der Waals surface area (Å²) in [6, 6.07) is 7.90. The summed E-state index contributed by atoms with van der Waals surface area (Å²) in [6.45, 7) is 1.86. The molecule has 2 aromatic rings. The molecule has 1 fully saturated rings. The van der Waals surface area contributed by atoms with E-state index in [0.29, 0.717) is 38.2 Å². The number of anilines is 1. The lowest BCUT2D eigenvalue weighted by molar-refractivity contribution is -0.130. The molecule has 0 bridgehead atoms. The number of hydrogen-bond acceptors (Lipinski definition) is 5. The van der Waals surface area contributed by atoms with Crippen LogP contribution >= 0.6 is 0 Å². The maximum absolute atomic E-state index is 12.9. The van der Waals surface area contributed by atoms with Crippen LogP contribution in [0.4, 0.5) is 10.3 Å². The quantitative estimate of drug-likeness (QED) is 0.792. The van der Waals surface area contributed by atoms with Crippen LogP contribution < -0.4 is 11.3 Å². The third-order valence-corrected chi connectivity index (χ3v) is 4.90. The highest BCUT2D eigenvalue weighted by Gasteiger charge is 2.28. The average Bonchev–Trinajstić information content (AvgIpc) is 3.10. The summed E-state index contributed by atoms with van der Waals surface area (Å²) in [5.41, 5.74) is 6.88. The summed E-state index contributed by atoms with van der Waals surface area (Å²) in [7, 11) is 1.95. The van der Waals surface area contributed by atoms with E-state index >= 15 is 0 Å². The van der Waals surface area contributed by atoms with Gasteiger partial charge in [0.05, 0.1) is 5.69 Å². The van der Waals surface area contributed by atoms with Gasteiger partial charge in [-0.15, -0.1) is 0 Å². The highest BCUT2D eigenvalue weighted by Crippen LogP contribution is 2.18. The third kappa shape index (κ3) is 5.13. The minimum Gasteiger partial charge on any atom is -0.369 e. The van der Waals surface area contributed by atoms with Crippen molar-refractivity contribution < 1.29 is 9.18 Å². The standard InChI is InChI=1S/C19H24FN5O2/c1-24(11-15-10-17(26)23-19(21)22-15)16-8-9-25(12-16)18(27)7-4-13-2-5-14(20)6-3-13/h2-3,5-6,10,16H,4,7-9,11-12H2,1H3,(H3,21,22,23,26)/t16-/m1/s1. The normalized spacial score (nSPS) is 16.9. The van der Waals surface area contributed by atoms with Crippen LogP contribution in [-0.4, -0.2) is 51.9 Å². The highest BCUT2D eigenvalue weighted by molar-refractivity contribution is 5.76. The number of likely N-dealkylation sites (N-methyl/N-ethyl adjacent to an activating group) is 1. The molecule has 144 valence electrons. The number of nitrogens with zero attached hydrogens (tertiary/aromatic N) is 3. The minimum absolute atomic E-state index is 0.105. The van der Waals surface area contributed by atoms with Gasteiger partial charge in [0, 0.05) is 38.2 Å². The number of halogens is 1. The van der Waals surface area contributed by atoms with E-state index in [4.69, 9.17) is 5.73 Å². The van der Waals surface area contributed by atoms with Crippen LogP contribution in [0.25, 0.3) is 0 Å². The number of carbonyl (C=O) groups excluding carboxylic acids is 1. The number of benzene rings is 1. The first-order valence-corrected chi connectivity index (χ1v) is 8.99. The van der Waals surface area contributed by atoms with Gasteiger partial charge in [-0.05, 0) is 37.6 Å². The predicted molar refractivity (Wildman–Crippen MR) is 100 cm³/mol. The Morgan fingerprint density at radius 3 is 2.85 bits per heavy atom. The van der Waals surface area contributed by atoms with E-state index < -0.39 is 0 Å². The van der Waals surface area contributed by atoms with Gasteiger partial charge in [0.25, 0.3) is 5.56 Å². The number of nitrogens with one attached hydrogen (secondary N) is 1. The Hall–Kier alpha value is -2.74. The van der Waals surface area contributed by atoms with Crippen molar-refractivity contribution in [1.82, 2.24) is 19.8 Å². The largest absolute Gasteiger partial charge is 0.369 e. The molecular weight excluding hydrogens is 349 g/mol. The fourth-order valence-corrected chi connectivity index (χ4v) is 3.38. The smallest absolute Gasteiger partial charge is 0.252 e. The lowest BCUT2D eigenvalue weighted by Crippen LogP contribution is -2.36. The Kier molecular flexibility index (Phi) is 5.85. The Labute approximate surface area is 157 Å².